The van der Waals surface area contributed by atoms with Crippen LogP contribution in [0.3, 0.4) is 0 Å². The number of aromatic hydroxyl groups is 2. The predicted molar refractivity (Wildman–Crippen MR) is 187 cm³/mol. The number of carbonyl (C=O) groups is 2. The molecule has 7 rings (SSSR count). The van der Waals surface area contributed by atoms with Crippen LogP contribution < -0.4 is 10.6 Å². The Morgan fingerprint density at radius 3 is 1.38 bits per heavy atom. The molecule has 4 atom stereocenters. The lowest BCUT2D eigenvalue weighted by molar-refractivity contribution is -0.119. The topological polar surface area (TPSA) is 142 Å². The first kappa shape index (κ1) is 31.3. The second-order valence-corrected chi connectivity index (χ2v) is 12.3. The predicted octanol–water partition coefficient (Wildman–Crippen LogP) is 7.06. The van der Waals surface area contributed by atoms with Crippen molar-refractivity contribution >= 4 is 79.7 Å². The molecule has 0 fully saturated rings. The average Bonchev–Trinajstić information content (AvgIpc) is 3.67. The van der Waals surface area contributed by atoms with Crippen LogP contribution in [0.4, 0.5) is 11.4 Å². The number of benzene rings is 5. The molecular formula is C36H28Cl2N4O6. The van der Waals surface area contributed by atoms with Gasteiger partial charge in [-0.05, 0) is 38.1 Å². The molecule has 0 radical (unpaired) electrons. The summed E-state index contributed by atoms with van der Waals surface area (Å²) in [6, 6.07) is 22.2. The highest BCUT2D eigenvalue weighted by atomic mass is 35.5. The number of anilines is 2. The van der Waals surface area contributed by atoms with Gasteiger partial charge < -0.3 is 30.3 Å². The largest absolute Gasteiger partial charge is 0.506 e. The molecule has 10 nitrogen and oxygen atoms in total. The molecule has 5 aromatic rings. The number of rotatable bonds is 6. The number of carbonyl (C=O) groups excluding carboxylic acids is 2. The maximum Gasteiger partial charge on any atom is 0.253 e. The molecule has 0 aromatic heterocycles. The van der Waals surface area contributed by atoms with E-state index in [4.69, 9.17) is 32.7 Å². The molecule has 5 aromatic carbocycles. The third-order valence-corrected chi connectivity index (χ3v) is 8.99. The lowest BCUT2D eigenvalue weighted by Crippen LogP contribution is -2.35. The van der Waals surface area contributed by atoms with E-state index in [-0.39, 0.29) is 34.4 Å². The standard InChI is InChI=1S/C36H28Cl2N4O6/c1-17-29(41-35(47-17)23-15-25(37)19-9-3-5-11-21(19)31(23)43)33(45)39-27-13-7-8-14-28(27)40-34(46)30-18(2)48-36(42-30)24-16-26(38)20-10-4-6-12-22(20)32(24)44/h3-18,29-30,43-44H,1-2H3,(H,39,45)(H,40,46)/t17-,18+,29-,30+. The summed E-state index contributed by atoms with van der Waals surface area (Å²) < 4.78 is 11.8. The minimum atomic E-state index is -0.953. The smallest absolute Gasteiger partial charge is 0.253 e. The fraction of sp³-hybridized carbons (Fsp3) is 0.167. The lowest BCUT2D eigenvalue weighted by Gasteiger charge is -2.17. The van der Waals surface area contributed by atoms with E-state index in [9.17, 15) is 19.8 Å². The molecule has 242 valence electrons. The number of halogens is 2. The Morgan fingerprint density at radius 1 is 0.625 bits per heavy atom. The highest BCUT2D eigenvalue weighted by molar-refractivity contribution is 6.37. The van der Waals surface area contributed by atoms with Gasteiger partial charge in [0.1, 0.15) is 23.7 Å². The van der Waals surface area contributed by atoms with Crippen molar-refractivity contribution in [3.8, 4) is 11.5 Å². The summed E-state index contributed by atoms with van der Waals surface area (Å²) in [6.45, 7) is 3.40. The van der Waals surface area contributed by atoms with Gasteiger partial charge in [-0.25, -0.2) is 9.98 Å². The van der Waals surface area contributed by atoms with Gasteiger partial charge in [0.05, 0.1) is 22.5 Å². The second kappa shape index (κ2) is 12.4. The first-order valence-electron chi connectivity index (χ1n) is 15.1. The molecular weight excluding hydrogens is 655 g/mol. The molecule has 0 aliphatic carbocycles. The van der Waals surface area contributed by atoms with Crippen LogP contribution in [-0.2, 0) is 19.1 Å². The zero-order valence-corrected chi connectivity index (χ0v) is 27.1. The summed E-state index contributed by atoms with van der Waals surface area (Å²) in [7, 11) is 0. The van der Waals surface area contributed by atoms with Crippen LogP contribution in [0.15, 0.2) is 94.9 Å². The Morgan fingerprint density at radius 2 is 0.979 bits per heavy atom. The van der Waals surface area contributed by atoms with Crippen molar-refractivity contribution in [2.45, 2.75) is 38.1 Å². The number of ether oxygens (including phenoxy) is 2. The van der Waals surface area contributed by atoms with Crippen molar-refractivity contribution in [1.29, 1.82) is 0 Å². The monoisotopic (exact) mass is 682 g/mol. The van der Waals surface area contributed by atoms with Crippen LogP contribution in [-0.4, -0.2) is 58.1 Å². The molecule has 0 bridgehead atoms. The molecule has 0 unspecified atom stereocenters. The van der Waals surface area contributed by atoms with E-state index >= 15 is 0 Å². The summed E-state index contributed by atoms with van der Waals surface area (Å²) in [5, 5.41) is 30.8. The van der Waals surface area contributed by atoms with Crippen molar-refractivity contribution in [3.63, 3.8) is 0 Å². The van der Waals surface area contributed by atoms with Crippen LogP contribution >= 0.6 is 23.2 Å². The normalized spacial score (nSPS) is 20.2. The van der Waals surface area contributed by atoms with Crippen LogP contribution in [0.2, 0.25) is 10.0 Å². The first-order valence-corrected chi connectivity index (χ1v) is 15.9. The van der Waals surface area contributed by atoms with Crippen molar-refractivity contribution < 1.29 is 29.3 Å². The number of phenols is 2. The van der Waals surface area contributed by atoms with E-state index in [2.05, 4.69) is 20.6 Å². The maximum absolute atomic E-state index is 13.5. The number of aliphatic imine (C=N–C) groups is 2. The number of para-hydroxylation sites is 2. The van der Waals surface area contributed by atoms with Crippen molar-refractivity contribution in [3.05, 3.63) is 106 Å². The van der Waals surface area contributed by atoms with E-state index in [1.807, 2.05) is 12.1 Å². The Bertz CT molecular complexity index is 2050. The molecule has 0 saturated heterocycles. The van der Waals surface area contributed by atoms with Gasteiger partial charge >= 0.3 is 0 Å². The molecule has 0 saturated carbocycles. The van der Waals surface area contributed by atoms with Gasteiger partial charge in [-0.2, -0.15) is 0 Å². The van der Waals surface area contributed by atoms with Crippen molar-refractivity contribution in [1.82, 2.24) is 0 Å². The highest BCUT2D eigenvalue weighted by Crippen LogP contribution is 2.38. The fourth-order valence-electron chi connectivity index (χ4n) is 5.89. The van der Waals surface area contributed by atoms with Gasteiger partial charge in [-0.3, -0.25) is 9.59 Å². The summed E-state index contributed by atoms with van der Waals surface area (Å²) in [5.74, 6) is -0.872. The van der Waals surface area contributed by atoms with Crippen LogP contribution in [0, 0.1) is 0 Å². The second-order valence-electron chi connectivity index (χ2n) is 11.5. The van der Waals surface area contributed by atoms with E-state index in [0.717, 1.165) is 0 Å². The molecule has 2 heterocycles. The molecule has 2 aliphatic heterocycles. The SMILES string of the molecule is C[C@@H]1OC(c2cc(Cl)c3ccccc3c2O)=N[C@@H]1C(=O)Nc1ccccc1NC(=O)[C@@H]1N=C(c2cc(Cl)c3ccccc3c2O)O[C@@H]1C. The number of amides is 2. The molecule has 2 aliphatic rings. The molecule has 48 heavy (non-hydrogen) atoms. The van der Waals surface area contributed by atoms with Gasteiger partial charge in [0.25, 0.3) is 11.8 Å². The minimum absolute atomic E-state index is 0.0510. The first-order chi connectivity index (χ1) is 23.1. The molecule has 0 spiro atoms. The maximum atomic E-state index is 13.5. The summed E-state index contributed by atoms with van der Waals surface area (Å²) in [5.41, 5.74) is 1.22. The average molecular weight is 684 g/mol. The number of hydrogen-bond donors (Lipinski definition) is 4. The Balaban J connectivity index is 1.10. The third-order valence-electron chi connectivity index (χ3n) is 8.37. The van der Waals surface area contributed by atoms with E-state index in [0.29, 0.717) is 43.0 Å². The van der Waals surface area contributed by atoms with E-state index in [1.165, 1.54) is 0 Å². The molecule has 2 amide bonds. The molecule has 12 heteroatoms. The van der Waals surface area contributed by atoms with Crippen LogP contribution in [0.25, 0.3) is 21.5 Å². The van der Waals surface area contributed by atoms with Crippen LogP contribution in [0.1, 0.15) is 25.0 Å². The quantitative estimate of drug-likeness (QED) is 0.151. The number of hydrogen-bond acceptors (Lipinski definition) is 8. The van der Waals surface area contributed by atoms with Gasteiger partial charge in [0, 0.05) is 31.6 Å². The third kappa shape index (κ3) is 5.52. The fourth-order valence-corrected chi connectivity index (χ4v) is 6.43. The number of nitrogens with one attached hydrogen (secondary N) is 2. The lowest BCUT2D eigenvalue weighted by atomic mass is 10.1. The van der Waals surface area contributed by atoms with E-state index in [1.54, 1.807) is 86.6 Å². The highest BCUT2D eigenvalue weighted by Gasteiger charge is 2.37. The summed E-state index contributed by atoms with van der Waals surface area (Å²) >= 11 is 13.0. The zero-order valence-electron chi connectivity index (χ0n) is 25.6. The van der Waals surface area contributed by atoms with Crippen molar-refractivity contribution in [2.75, 3.05) is 10.6 Å². The van der Waals surface area contributed by atoms with Crippen molar-refractivity contribution in [2.24, 2.45) is 9.98 Å². The number of phenolic OH excluding ortho intramolecular Hbond substituents is 2. The number of nitrogens with zero attached hydrogens (tertiary/aromatic N) is 2. The van der Waals surface area contributed by atoms with Gasteiger partial charge in [0.2, 0.25) is 11.8 Å². The zero-order chi connectivity index (χ0) is 33.7. The summed E-state index contributed by atoms with van der Waals surface area (Å²) in [4.78, 5) is 36.0. The van der Waals surface area contributed by atoms with E-state index < -0.39 is 36.1 Å². The van der Waals surface area contributed by atoms with Crippen LogP contribution in [0.5, 0.6) is 11.5 Å². The Hall–Kier alpha value is -5.32. The Kier molecular flexibility index (Phi) is 8.06. The summed E-state index contributed by atoms with van der Waals surface area (Å²) in [6.07, 6.45) is -1.31. The van der Waals surface area contributed by atoms with Gasteiger partial charge in [0.15, 0.2) is 12.1 Å². The van der Waals surface area contributed by atoms with Gasteiger partial charge in [-0.1, -0.05) is 83.9 Å². The molecule has 4 N–H and O–H groups in total. The Labute approximate surface area is 284 Å². The number of fused-ring (bicyclic) bond motifs is 2. The minimum Gasteiger partial charge on any atom is -0.506 e. The van der Waals surface area contributed by atoms with Gasteiger partial charge in [-0.15, -0.1) is 0 Å².